The molecule has 0 spiro atoms. The van der Waals surface area contributed by atoms with Gasteiger partial charge in [0.05, 0.1) is 5.92 Å². The minimum Gasteiger partial charge on any atom is -0.354 e. The smallest absolute Gasteiger partial charge is 0.354 e. The predicted molar refractivity (Wildman–Crippen MR) is 79.3 cm³/mol. The number of halogens is 3. The third-order valence-corrected chi connectivity index (χ3v) is 5.34. The van der Waals surface area contributed by atoms with Crippen LogP contribution in [0.4, 0.5) is 13.2 Å². The van der Waals surface area contributed by atoms with Crippen LogP contribution in [0.3, 0.4) is 0 Å². The fourth-order valence-corrected chi connectivity index (χ4v) is 3.79. The van der Waals surface area contributed by atoms with Crippen molar-refractivity contribution in [3.8, 4) is 0 Å². The van der Waals surface area contributed by atoms with E-state index in [4.69, 9.17) is 0 Å². The van der Waals surface area contributed by atoms with E-state index < -0.39 is 23.9 Å². The van der Waals surface area contributed by atoms with Gasteiger partial charge in [0, 0.05) is 18.5 Å². The van der Waals surface area contributed by atoms with Crippen LogP contribution in [-0.4, -0.2) is 31.2 Å². The number of carbonyl (C=O) groups excluding carboxylic acids is 1. The fraction of sp³-hybridized carbons (Fsp3) is 0.938. The lowest BCUT2D eigenvalue weighted by Crippen LogP contribution is -2.54. The molecule has 0 aromatic heterocycles. The molecule has 22 heavy (non-hydrogen) atoms. The summed E-state index contributed by atoms with van der Waals surface area (Å²) >= 11 is 0. The minimum atomic E-state index is -4.27. The number of rotatable bonds is 3. The molecule has 2 rings (SSSR count). The van der Waals surface area contributed by atoms with Crippen LogP contribution in [0.15, 0.2) is 0 Å². The largest absolute Gasteiger partial charge is 0.392 e. The third kappa shape index (κ3) is 4.15. The van der Waals surface area contributed by atoms with Gasteiger partial charge in [0.25, 0.3) is 0 Å². The molecule has 1 saturated heterocycles. The van der Waals surface area contributed by atoms with Gasteiger partial charge in [-0.2, -0.15) is 13.2 Å². The van der Waals surface area contributed by atoms with Gasteiger partial charge in [-0.3, -0.25) is 4.79 Å². The Bertz CT molecular complexity index is 395. The van der Waals surface area contributed by atoms with E-state index in [2.05, 4.69) is 24.5 Å². The molecule has 0 bridgehead atoms. The second-order valence-corrected chi connectivity index (χ2v) is 7.38. The number of hydrogen-bond acceptors (Lipinski definition) is 2. The Kier molecular flexibility index (Phi) is 5.41. The van der Waals surface area contributed by atoms with E-state index >= 15 is 0 Å². The second kappa shape index (κ2) is 6.77. The number of amides is 1. The van der Waals surface area contributed by atoms with E-state index in [0.29, 0.717) is 25.8 Å². The molecule has 3 atom stereocenters. The Morgan fingerprint density at radius 1 is 1.23 bits per heavy atom. The van der Waals surface area contributed by atoms with E-state index in [1.807, 2.05) is 0 Å². The van der Waals surface area contributed by atoms with Crippen LogP contribution < -0.4 is 10.6 Å². The zero-order valence-corrected chi connectivity index (χ0v) is 13.4. The number of carbonyl (C=O) groups is 1. The van der Waals surface area contributed by atoms with Gasteiger partial charge in [-0.15, -0.1) is 0 Å². The van der Waals surface area contributed by atoms with Gasteiger partial charge < -0.3 is 10.6 Å². The molecule has 2 aliphatic rings. The van der Waals surface area contributed by atoms with Crippen LogP contribution in [0, 0.1) is 17.3 Å². The first-order valence-corrected chi connectivity index (χ1v) is 8.29. The first-order chi connectivity index (χ1) is 10.2. The summed E-state index contributed by atoms with van der Waals surface area (Å²) in [7, 11) is 0. The van der Waals surface area contributed by atoms with Gasteiger partial charge in [-0.1, -0.05) is 26.7 Å². The zero-order chi connectivity index (χ0) is 16.4. The van der Waals surface area contributed by atoms with Gasteiger partial charge in [0.1, 0.15) is 0 Å². The SMILES string of the molecule is CC1(C)CCCNC1CNC(=O)C1CCCCC1C(F)(F)F. The number of hydrogen-bond donors (Lipinski definition) is 2. The minimum absolute atomic E-state index is 0.0571. The molecule has 0 radical (unpaired) electrons. The number of piperidine rings is 1. The van der Waals surface area contributed by atoms with Crippen molar-refractivity contribution in [1.29, 1.82) is 0 Å². The van der Waals surface area contributed by atoms with Crippen molar-refractivity contribution in [2.24, 2.45) is 17.3 Å². The van der Waals surface area contributed by atoms with Crippen LogP contribution in [0.2, 0.25) is 0 Å². The summed E-state index contributed by atoms with van der Waals surface area (Å²) in [5.74, 6) is -2.82. The monoisotopic (exact) mass is 320 g/mol. The van der Waals surface area contributed by atoms with E-state index in [9.17, 15) is 18.0 Å². The lowest BCUT2D eigenvalue weighted by atomic mass is 9.76. The van der Waals surface area contributed by atoms with Crippen molar-refractivity contribution in [3.63, 3.8) is 0 Å². The lowest BCUT2D eigenvalue weighted by Gasteiger charge is -2.40. The molecular weight excluding hydrogens is 293 g/mol. The van der Waals surface area contributed by atoms with Gasteiger partial charge in [0.15, 0.2) is 0 Å². The van der Waals surface area contributed by atoms with Crippen LogP contribution in [0.1, 0.15) is 52.4 Å². The average molecular weight is 320 g/mol. The number of alkyl halides is 3. The highest BCUT2D eigenvalue weighted by Crippen LogP contribution is 2.41. The molecule has 0 aromatic rings. The summed E-state index contributed by atoms with van der Waals surface area (Å²) in [6, 6.07) is 0.123. The maximum atomic E-state index is 13.1. The van der Waals surface area contributed by atoms with E-state index in [1.165, 1.54) is 0 Å². The highest BCUT2D eigenvalue weighted by Gasteiger charge is 2.48. The van der Waals surface area contributed by atoms with Crippen molar-refractivity contribution in [3.05, 3.63) is 0 Å². The first-order valence-electron chi connectivity index (χ1n) is 8.29. The molecule has 1 aliphatic carbocycles. The van der Waals surface area contributed by atoms with Gasteiger partial charge in [0.2, 0.25) is 5.91 Å². The molecule has 3 nitrogen and oxygen atoms in total. The van der Waals surface area contributed by atoms with E-state index in [0.717, 1.165) is 19.4 Å². The van der Waals surface area contributed by atoms with E-state index in [1.54, 1.807) is 0 Å². The van der Waals surface area contributed by atoms with Crippen molar-refractivity contribution >= 4 is 5.91 Å². The Morgan fingerprint density at radius 3 is 2.55 bits per heavy atom. The second-order valence-electron chi connectivity index (χ2n) is 7.38. The average Bonchev–Trinajstić information content (AvgIpc) is 2.44. The highest BCUT2D eigenvalue weighted by molar-refractivity contribution is 5.79. The van der Waals surface area contributed by atoms with Crippen molar-refractivity contribution in [2.75, 3.05) is 13.1 Å². The van der Waals surface area contributed by atoms with Gasteiger partial charge >= 0.3 is 6.18 Å². The summed E-state index contributed by atoms with van der Waals surface area (Å²) in [5, 5.41) is 6.15. The van der Waals surface area contributed by atoms with Gasteiger partial charge in [-0.25, -0.2) is 0 Å². The summed E-state index contributed by atoms with van der Waals surface area (Å²) < 4.78 is 39.2. The van der Waals surface area contributed by atoms with Crippen LogP contribution in [0.25, 0.3) is 0 Å². The third-order valence-electron chi connectivity index (χ3n) is 5.34. The quantitative estimate of drug-likeness (QED) is 0.838. The number of nitrogens with one attached hydrogen (secondary N) is 2. The summed E-state index contributed by atoms with van der Waals surface area (Å²) in [6.45, 7) is 5.58. The van der Waals surface area contributed by atoms with E-state index in [-0.39, 0.29) is 17.9 Å². The van der Waals surface area contributed by atoms with Crippen LogP contribution in [-0.2, 0) is 4.79 Å². The predicted octanol–water partition coefficient (Wildman–Crippen LogP) is 3.25. The van der Waals surface area contributed by atoms with Crippen LogP contribution >= 0.6 is 0 Å². The first kappa shape index (κ1) is 17.6. The standard InChI is InChI=1S/C16H27F3N2O/c1-15(2)8-5-9-20-13(15)10-21-14(22)11-6-3-4-7-12(11)16(17,18)19/h11-13,20H,3-10H2,1-2H3,(H,21,22). The zero-order valence-electron chi connectivity index (χ0n) is 13.4. The molecule has 1 saturated carbocycles. The molecule has 6 heteroatoms. The molecule has 2 fully saturated rings. The molecular formula is C16H27F3N2O. The normalized spacial score (nSPS) is 32.5. The lowest BCUT2D eigenvalue weighted by molar-refractivity contribution is -0.198. The van der Waals surface area contributed by atoms with Gasteiger partial charge in [-0.05, 0) is 37.6 Å². The maximum absolute atomic E-state index is 13.1. The van der Waals surface area contributed by atoms with Crippen molar-refractivity contribution in [2.45, 2.75) is 64.6 Å². The molecule has 128 valence electrons. The Hall–Kier alpha value is -0.780. The van der Waals surface area contributed by atoms with Crippen molar-refractivity contribution < 1.29 is 18.0 Å². The molecule has 1 amide bonds. The molecule has 0 aromatic carbocycles. The molecule has 1 aliphatic heterocycles. The Balaban J connectivity index is 1.93. The summed E-state index contributed by atoms with van der Waals surface area (Å²) in [5.41, 5.74) is 0.0571. The molecule has 3 unspecified atom stereocenters. The molecule has 1 heterocycles. The fourth-order valence-electron chi connectivity index (χ4n) is 3.79. The topological polar surface area (TPSA) is 41.1 Å². The highest BCUT2D eigenvalue weighted by atomic mass is 19.4. The van der Waals surface area contributed by atoms with Crippen LogP contribution in [0.5, 0.6) is 0 Å². The Labute approximate surface area is 130 Å². The van der Waals surface area contributed by atoms with Crippen molar-refractivity contribution in [1.82, 2.24) is 10.6 Å². The molecule has 2 N–H and O–H groups in total. The maximum Gasteiger partial charge on any atom is 0.392 e. The summed E-state index contributed by atoms with van der Waals surface area (Å²) in [6.07, 6.45) is -0.425. The Morgan fingerprint density at radius 2 is 1.91 bits per heavy atom. The summed E-state index contributed by atoms with van der Waals surface area (Å²) in [4.78, 5) is 12.3.